The fourth-order valence-corrected chi connectivity index (χ4v) is 1.06. The summed E-state index contributed by atoms with van der Waals surface area (Å²) in [5, 5.41) is 0. The minimum atomic E-state index is 0. The Bertz CT molecular complexity index is 20.3. The average molecular weight is 155 g/mol. The summed E-state index contributed by atoms with van der Waals surface area (Å²) in [6, 6.07) is 0. The second-order valence-corrected chi connectivity index (χ2v) is 2.12. The van der Waals surface area contributed by atoms with Crippen LogP contribution in [0.1, 0.15) is 66.2 Å². The van der Waals surface area contributed by atoms with E-state index in [1.807, 2.05) is 27.7 Å². The Morgan fingerprint density at radius 3 is 0.636 bits per heavy atom. The van der Waals surface area contributed by atoms with Crippen molar-refractivity contribution < 1.29 is 0 Å². The first-order valence-corrected chi connectivity index (χ1v) is 5.00. The summed E-state index contributed by atoms with van der Waals surface area (Å²) in [6.45, 7) is 8.00. The lowest BCUT2D eigenvalue weighted by atomic mass is 10.0. The van der Waals surface area contributed by atoms with E-state index < -0.39 is 0 Å². The molecule has 0 saturated heterocycles. The summed E-state index contributed by atoms with van der Waals surface area (Å²) < 4.78 is 0. The van der Waals surface area contributed by atoms with Gasteiger partial charge in [0.05, 0.1) is 0 Å². The van der Waals surface area contributed by atoms with Crippen molar-refractivity contribution in [3.8, 4) is 0 Å². The Labute approximate surface area is 75.4 Å². The summed E-state index contributed by atoms with van der Waals surface area (Å²) >= 11 is 0. The van der Waals surface area contributed by atoms with Gasteiger partial charge in [-0.3, -0.25) is 0 Å². The van der Waals surface area contributed by atoms with Crippen LogP contribution in [0.25, 0.3) is 0 Å². The summed E-state index contributed by atoms with van der Waals surface area (Å²) in [5.74, 6) is 0. The fourth-order valence-electron chi connectivity index (χ4n) is 1.06. The molecule has 1 heteroatoms. The van der Waals surface area contributed by atoms with E-state index in [9.17, 15) is 0 Å². The normalized spacial score (nSPS) is 14.2. The van der Waals surface area contributed by atoms with Crippen LogP contribution in [-0.2, 0) is 0 Å². The predicted molar refractivity (Wildman–Crippen MR) is 56.2 cm³/mol. The molecule has 0 aromatic carbocycles. The smallest absolute Gasteiger partial charge is 0 e. The van der Waals surface area contributed by atoms with Crippen molar-refractivity contribution in [2.45, 2.75) is 66.2 Å². The van der Waals surface area contributed by atoms with Gasteiger partial charge in [0, 0.05) is 8.41 Å². The van der Waals surface area contributed by atoms with Gasteiger partial charge in [-0.2, -0.15) is 0 Å². The highest BCUT2D eigenvalue weighted by Gasteiger charge is 1.95. The highest BCUT2D eigenvalue weighted by atomic mass is 14.0. The minimum Gasteiger partial charge on any atom is -0.0683 e. The van der Waals surface area contributed by atoms with Gasteiger partial charge in [-0.25, -0.2) is 0 Å². The fraction of sp³-hybridized carbons (Fsp3) is 1.00. The van der Waals surface area contributed by atoms with E-state index in [0.717, 1.165) is 0 Å². The van der Waals surface area contributed by atoms with Gasteiger partial charge in [0.1, 0.15) is 0 Å². The standard InChI is InChI=1S/C6H12.2C2H6.B/c1-2-4-6-5-3-1;2*1-2;/h1-6H2;2*1-2H3;. The molecule has 3 radical (unpaired) electrons. The van der Waals surface area contributed by atoms with Gasteiger partial charge in [-0.15, -0.1) is 0 Å². The molecule has 0 atom stereocenters. The van der Waals surface area contributed by atoms with Crippen LogP contribution >= 0.6 is 0 Å². The van der Waals surface area contributed by atoms with Crippen LogP contribution in [0.4, 0.5) is 0 Å². The minimum absolute atomic E-state index is 0. The number of hydrogen-bond acceptors (Lipinski definition) is 0. The van der Waals surface area contributed by atoms with Crippen molar-refractivity contribution in [1.82, 2.24) is 0 Å². The number of hydrogen-bond donors (Lipinski definition) is 0. The zero-order valence-electron chi connectivity index (χ0n) is 8.82. The summed E-state index contributed by atoms with van der Waals surface area (Å²) in [6.07, 6.45) is 9.00. The van der Waals surface area contributed by atoms with Gasteiger partial charge in [-0.1, -0.05) is 66.2 Å². The van der Waals surface area contributed by atoms with Crippen molar-refractivity contribution in [1.29, 1.82) is 0 Å². The third-order valence-corrected chi connectivity index (χ3v) is 1.50. The lowest BCUT2D eigenvalue weighted by Gasteiger charge is -2.05. The molecule has 0 aliphatic heterocycles. The molecule has 0 aromatic rings. The largest absolute Gasteiger partial charge is 0.0683 e. The van der Waals surface area contributed by atoms with Crippen LogP contribution in [0, 0.1) is 0 Å². The van der Waals surface area contributed by atoms with Crippen molar-refractivity contribution in [2.75, 3.05) is 0 Å². The second kappa shape index (κ2) is 22.5. The van der Waals surface area contributed by atoms with E-state index >= 15 is 0 Å². The molecule has 67 valence electrons. The molecule has 0 aromatic heterocycles. The quantitative estimate of drug-likeness (QED) is 0.463. The maximum absolute atomic E-state index is 2.00. The highest BCUT2D eigenvalue weighted by molar-refractivity contribution is 5.75. The summed E-state index contributed by atoms with van der Waals surface area (Å²) in [7, 11) is 0. The van der Waals surface area contributed by atoms with Crippen LogP contribution in [0.3, 0.4) is 0 Å². The van der Waals surface area contributed by atoms with E-state index in [2.05, 4.69) is 0 Å². The van der Waals surface area contributed by atoms with Crippen LogP contribution in [0.5, 0.6) is 0 Å². The van der Waals surface area contributed by atoms with Crippen LogP contribution < -0.4 is 0 Å². The molecule has 0 heterocycles. The van der Waals surface area contributed by atoms with E-state index in [-0.39, 0.29) is 8.41 Å². The van der Waals surface area contributed by atoms with Gasteiger partial charge in [-0.05, 0) is 0 Å². The van der Waals surface area contributed by atoms with E-state index in [0.29, 0.717) is 0 Å². The van der Waals surface area contributed by atoms with Crippen molar-refractivity contribution in [2.24, 2.45) is 0 Å². The molecule has 1 saturated carbocycles. The predicted octanol–water partition coefficient (Wildman–Crippen LogP) is 4.01. The van der Waals surface area contributed by atoms with Crippen LogP contribution in [-0.4, -0.2) is 8.41 Å². The lowest BCUT2D eigenvalue weighted by molar-refractivity contribution is 0.504. The summed E-state index contributed by atoms with van der Waals surface area (Å²) in [4.78, 5) is 0. The van der Waals surface area contributed by atoms with E-state index in [1.54, 1.807) is 0 Å². The van der Waals surface area contributed by atoms with E-state index in [4.69, 9.17) is 0 Å². The van der Waals surface area contributed by atoms with Gasteiger partial charge in [0.25, 0.3) is 0 Å². The molecule has 11 heavy (non-hydrogen) atoms. The molecule has 1 aliphatic carbocycles. The molecule has 0 N–H and O–H groups in total. The zero-order valence-corrected chi connectivity index (χ0v) is 8.82. The van der Waals surface area contributed by atoms with Gasteiger partial charge >= 0.3 is 0 Å². The average Bonchev–Trinajstić information content (AvgIpc) is 2.14. The maximum Gasteiger partial charge on any atom is 0 e. The SMILES string of the molecule is C1CCCCC1.CC.CC.[B]. The van der Waals surface area contributed by atoms with Gasteiger partial charge < -0.3 is 0 Å². The third kappa shape index (κ3) is 17.8. The van der Waals surface area contributed by atoms with Gasteiger partial charge in [0.15, 0.2) is 0 Å². The lowest BCUT2D eigenvalue weighted by Crippen LogP contribution is -1.85. The first-order valence-electron chi connectivity index (χ1n) is 5.00. The molecular weight excluding hydrogens is 131 g/mol. The zero-order chi connectivity index (χ0) is 8.24. The molecular formula is C10H24B. The van der Waals surface area contributed by atoms with Crippen molar-refractivity contribution in [3.63, 3.8) is 0 Å². The Morgan fingerprint density at radius 1 is 0.455 bits per heavy atom. The van der Waals surface area contributed by atoms with Crippen molar-refractivity contribution >= 4 is 8.41 Å². The molecule has 0 spiro atoms. The second-order valence-electron chi connectivity index (χ2n) is 2.12. The topological polar surface area (TPSA) is 0 Å². The Balaban J connectivity index is -0.000000114. The monoisotopic (exact) mass is 155 g/mol. The van der Waals surface area contributed by atoms with Gasteiger partial charge in [0.2, 0.25) is 0 Å². The van der Waals surface area contributed by atoms with Crippen LogP contribution in [0.15, 0.2) is 0 Å². The van der Waals surface area contributed by atoms with Crippen LogP contribution in [0.2, 0.25) is 0 Å². The number of rotatable bonds is 0. The van der Waals surface area contributed by atoms with Crippen molar-refractivity contribution in [3.05, 3.63) is 0 Å². The Morgan fingerprint density at radius 2 is 0.545 bits per heavy atom. The Hall–Kier alpha value is 0.0649. The molecule has 0 unspecified atom stereocenters. The van der Waals surface area contributed by atoms with E-state index in [1.165, 1.54) is 38.5 Å². The first kappa shape index (κ1) is 17.2. The summed E-state index contributed by atoms with van der Waals surface area (Å²) in [5.41, 5.74) is 0. The molecule has 0 bridgehead atoms. The Kier molecular flexibility index (Phi) is 35.2. The molecule has 0 nitrogen and oxygen atoms in total. The molecule has 0 amide bonds. The molecule has 1 rings (SSSR count). The molecule has 1 aliphatic rings. The highest BCUT2D eigenvalue weighted by Crippen LogP contribution is 2.15. The first-order chi connectivity index (χ1) is 5.00. The molecule has 1 fully saturated rings. The third-order valence-electron chi connectivity index (χ3n) is 1.50. The maximum atomic E-state index is 2.00.